The van der Waals surface area contributed by atoms with Gasteiger partial charge in [0.05, 0.1) is 10.7 Å². The highest BCUT2D eigenvalue weighted by molar-refractivity contribution is 6.37. The largest absolute Gasteiger partial charge is 0.245 e. The average molecular weight is 292 g/mol. The Morgan fingerprint density at radius 2 is 1.68 bits per heavy atom. The fourth-order valence-electron chi connectivity index (χ4n) is 1.97. The van der Waals surface area contributed by atoms with Crippen LogP contribution >= 0.6 is 23.2 Å². The van der Waals surface area contributed by atoms with Crippen LogP contribution in [-0.2, 0) is 0 Å². The molecule has 1 heterocycles. The van der Waals surface area contributed by atoms with Gasteiger partial charge >= 0.3 is 0 Å². The summed E-state index contributed by atoms with van der Waals surface area (Å²) in [6, 6.07) is 14.1. The molecule has 19 heavy (non-hydrogen) atoms. The summed E-state index contributed by atoms with van der Waals surface area (Å²) in [7, 11) is 0. The van der Waals surface area contributed by atoms with Gasteiger partial charge in [-0.05, 0) is 18.2 Å². The summed E-state index contributed by atoms with van der Waals surface area (Å²) >= 11 is 12.0. The second kappa shape index (κ2) is 4.80. The fourth-order valence-corrected chi connectivity index (χ4v) is 2.42. The van der Waals surface area contributed by atoms with E-state index in [0.29, 0.717) is 21.1 Å². The Labute approximate surface area is 119 Å². The van der Waals surface area contributed by atoms with Crippen molar-refractivity contribution in [3.63, 3.8) is 0 Å². The standard InChI is InChI=1S/C15H8Cl2FN/c16-10-6-11-12(17)8-14(9-4-2-1-3-5-9)19-15(11)13(18)7-10/h1-8H. The second-order valence-corrected chi connectivity index (χ2v) is 4.98. The number of benzene rings is 2. The summed E-state index contributed by atoms with van der Waals surface area (Å²) in [5.74, 6) is -0.470. The molecular formula is C15H8Cl2FN. The van der Waals surface area contributed by atoms with Gasteiger partial charge in [-0.1, -0.05) is 53.5 Å². The van der Waals surface area contributed by atoms with Gasteiger partial charge in [0.25, 0.3) is 0 Å². The predicted molar refractivity (Wildman–Crippen MR) is 77.2 cm³/mol. The van der Waals surface area contributed by atoms with Crippen molar-refractivity contribution in [2.75, 3.05) is 0 Å². The van der Waals surface area contributed by atoms with Gasteiger partial charge in [-0.15, -0.1) is 0 Å². The van der Waals surface area contributed by atoms with Crippen LogP contribution in [0.2, 0.25) is 10.0 Å². The maximum atomic E-state index is 13.9. The van der Waals surface area contributed by atoms with Crippen LogP contribution in [0.1, 0.15) is 0 Å². The van der Waals surface area contributed by atoms with Crippen molar-refractivity contribution in [3.8, 4) is 11.3 Å². The molecule has 3 rings (SSSR count). The molecule has 0 unspecified atom stereocenters. The number of fused-ring (bicyclic) bond motifs is 1. The number of rotatable bonds is 1. The van der Waals surface area contributed by atoms with Crippen LogP contribution in [0.25, 0.3) is 22.2 Å². The molecule has 0 saturated heterocycles. The van der Waals surface area contributed by atoms with Crippen molar-refractivity contribution in [1.82, 2.24) is 4.98 Å². The second-order valence-electron chi connectivity index (χ2n) is 4.14. The lowest BCUT2D eigenvalue weighted by Gasteiger charge is -2.07. The van der Waals surface area contributed by atoms with Gasteiger partial charge in [-0.25, -0.2) is 9.37 Å². The Morgan fingerprint density at radius 1 is 0.947 bits per heavy atom. The van der Waals surface area contributed by atoms with Gasteiger partial charge < -0.3 is 0 Å². The maximum absolute atomic E-state index is 13.9. The van der Waals surface area contributed by atoms with E-state index in [0.717, 1.165) is 5.56 Å². The third kappa shape index (κ3) is 2.29. The molecule has 0 aliphatic heterocycles. The van der Waals surface area contributed by atoms with E-state index < -0.39 is 5.82 Å². The first-order valence-electron chi connectivity index (χ1n) is 5.66. The minimum Gasteiger partial charge on any atom is -0.245 e. The molecule has 0 saturated carbocycles. The average Bonchev–Trinajstić information content (AvgIpc) is 2.41. The molecule has 0 radical (unpaired) electrons. The third-order valence-electron chi connectivity index (χ3n) is 2.85. The number of hydrogen-bond acceptors (Lipinski definition) is 1. The molecule has 0 bridgehead atoms. The molecule has 0 aliphatic carbocycles. The van der Waals surface area contributed by atoms with E-state index in [9.17, 15) is 4.39 Å². The highest BCUT2D eigenvalue weighted by Gasteiger charge is 2.11. The number of aromatic nitrogens is 1. The summed E-state index contributed by atoms with van der Waals surface area (Å²) in [5.41, 5.74) is 1.76. The Morgan fingerprint density at radius 3 is 2.42 bits per heavy atom. The first kappa shape index (κ1) is 12.4. The van der Waals surface area contributed by atoms with E-state index in [1.165, 1.54) is 6.07 Å². The SMILES string of the molecule is Fc1cc(Cl)cc2c(Cl)cc(-c3ccccc3)nc12. The van der Waals surface area contributed by atoms with Crippen LogP contribution in [0.15, 0.2) is 48.5 Å². The molecular weight excluding hydrogens is 284 g/mol. The summed E-state index contributed by atoms with van der Waals surface area (Å²) in [4.78, 5) is 4.33. The summed E-state index contributed by atoms with van der Waals surface area (Å²) in [5, 5.41) is 1.26. The van der Waals surface area contributed by atoms with E-state index in [1.54, 1.807) is 12.1 Å². The first-order chi connectivity index (χ1) is 9.15. The lowest BCUT2D eigenvalue weighted by molar-refractivity contribution is 0.637. The van der Waals surface area contributed by atoms with Crippen LogP contribution in [0.5, 0.6) is 0 Å². The number of hydrogen-bond donors (Lipinski definition) is 0. The molecule has 0 fully saturated rings. The van der Waals surface area contributed by atoms with Crippen LogP contribution < -0.4 is 0 Å². The molecule has 0 amide bonds. The Bertz CT molecular complexity index is 757. The van der Waals surface area contributed by atoms with E-state index in [2.05, 4.69) is 4.98 Å². The molecule has 0 atom stereocenters. The molecule has 0 N–H and O–H groups in total. The monoisotopic (exact) mass is 291 g/mol. The van der Waals surface area contributed by atoms with Crippen LogP contribution in [0.4, 0.5) is 4.39 Å². The molecule has 3 aromatic rings. The van der Waals surface area contributed by atoms with E-state index in [4.69, 9.17) is 23.2 Å². The van der Waals surface area contributed by atoms with Crippen LogP contribution in [0, 0.1) is 5.82 Å². The zero-order chi connectivity index (χ0) is 13.4. The normalized spacial score (nSPS) is 10.9. The van der Waals surface area contributed by atoms with E-state index in [-0.39, 0.29) is 5.52 Å². The van der Waals surface area contributed by atoms with Crippen molar-refractivity contribution in [2.24, 2.45) is 0 Å². The van der Waals surface area contributed by atoms with E-state index >= 15 is 0 Å². The smallest absolute Gasteiger partial charge is 0.150 e. The first-order valence-corrected chi connectivity index (χ1v) is 6.41. The highest BCUT2D eigenvalue weighted by Crippen LogP contribution is 2.31. The van der Waals surface area contributed by atoms with Crippen molar-refractivity contribution in [1.29, 1.82) is 0 Å². The van der Waals surface area contributed by atoms with Crippen molar-refractivity contribution in [3.05, 3.63) is 64.4 Å². The maximum Gasteiger partial charge on any atom is 0.150 e. The summed E-state index contributed by atoms with van der Waals surface area (Å²) < 4.78 is 13.9. The molecule has 94 valence electrons. The number of nitrogens with zero attached hydrogens (tertiary/aromatic N) is 1. The van der Waals surface area contributed by atoms with Gasteiger partial charge in [0.15, 0.2) is 5.82 Å². The molecule has 2 aromatic carbocycles. The molecule has 1 aromatic heterocycles. The van der Waals surface area contributed by atoms with Gasteiger partial charge in [0, 0.05) is 16.0 Å². The quantitative estimate of drug-likeness (QED) is 0.589. The lowest BCUT2D eigenvalue weighted by atomic mass is 10.1. The molecule has 0 aliphatic rings. The van der Waals surface area contributed by atoms with Gasteiger partial charge in [-0.2, -0.15) is 0 Å². The summed E-state index contributed by atoms with van der Waals surface area (Å²) in [6.07, 6.45) is 0. The number of pyridine rings is 1. The lowest BCUT2D eigenvalue weighted by Crippen LogP contribution is -1.90. The van der Waals surface area contributed by atoms with Crippen molar-refractivity contribution in [2.45, 2.75) is 0 Å². The predicted octanol–water partition coefficient (Wildman–Crippen LogP) is 5.35. The molecule has 4 heteroatoms. The van der Waals surface area contributed by atoms with Crippen molar-refractivity contribution < 1.29 is 4.39 Å². The van der Waals surface area contributed by atoms with Crippen molar-refractivity contribution >= 4 is 34.1 Å². The Hall–Kier alpha value is -1.64. The third-order valence-corrected chi connectivity index (χ3v) is 3.38. The summed E-state index contributed by atoms with van der Waals surface area (Å²) in [6.45, 7) is 0. The van der Waals surface area contributed by atoms with Crippen LogP contribution in [-0.4, -0.2) is 4.98 Å². The van der Waals surface area contributed by atoms with Crippen LogP contribution in [0.3, 0.4) is 0 Å². The van der Waals surface area contributed by atoms with Gasteiger partial charge in [0.1, 0.15) is 5.52 Å². The van der Waals surface area contributed by atoms with Gasteiger partial charge in [0.2, 0.25) is 0 Å². The zero-order valence-corrected chi connectivity index (χ0v) is 11.2. The zero-order valence-electron chi connectivity index (χ0n) is 9.70. The molecule has 1 nitrogen and oxygen atoms in total. The van der Waals surface area contributed by atoms with Gasteiger partial charge in [-0.3, -0.25) is 0 Å². The van der Waals surface area contributed by atoms with E-state index in [1.807, 2.05) is 30.3 Å². The number of halogens is 3. The minimum absolute atomic E-state index is 0.232. The molecule has 0 spiro atoms. The Balaban J connectivity index is 2.31. The Kier molecular flexibility index (Phi) is 3.13. The minimum atomic E-state index is -0.470. The highest BCUT2D eigenvalue weighted by atomic mass is 35.5. The topological polar surface area (TPSA) is 12.9 Å². The fraction of sp³-hybridized carbons (Fsp3) is 0.